The third-order valence-electron chi connectivity index (χ3n) is 4.49. The van der Waals surface area contributed by atoms with Gasteiger partial charge < -0.3 is 14.8 Å². The molecule has 1 aliphatic rings. The molecule has 2 aromatic carbocycles. The van der Waals surface area contributed by atoms with E-state index in [1.165, 1.54) is 0 Å². The van der Waals surface area contributed by atoms with Crippen LogP contribution in [0, 0.1) is 0 Å². The second kappa shape index (κ2) is 9.32. The molecule has 1 aliphatic heterocycles. The van der Waals surface area contributed by atoms with Crippen LogP contribution in [0.15, 0.2) is 73.3 Å². The van der Waals surface area contributed by atoms with Crippen molar-refractivity contribution in [3.63, 3.8) is 0 Å². The van der Waals surface area contributed by atoms with Crippen molar-refractivity contribution in [3.8, 4) is 0 Å². The molecule has 136 valence electrons. The molecule has 0 aliphatic carbocycles. The van der Waals surface area contributed by atoms with Crippen LogP contribution in [-0.2, 0) is 9.47 Å². The zero-order chi connectivity index (χ0) is 18.2. The normalized spacial score (nSPS) is 19.3. The molecule has 1 amide bonds. The van der Waals surface area contributed by atoms with Gasteiger partial charge in [0.2, 0.25) is 0 Å². The monoisotopic (exact) mass is 351 g/mol. The Balaban J connectivity index is 1.79. The summed E-state index contributed by atoms with van der Waals surface area (Å²) >= 11 is 0. The van der Waals surface area contributed by atoms with Gasteiger partial charge in [-0.25, -0.2) is 0 Å². The first-order valence-corrected chi connectivity index (χ1v) is 9.08. The highest BCUT2D eigenvalue weighted by Gasteiger charge is 2.27. The predicted molar refractivity (Wildman–Crippen MR) is 102 cm³/mol. The molecule has 26 heavy (non-hydrogen) atoms. The second-order valence-electron chi connectivity index (χ2n) is 6.36. The van der Waals surface area contributed by atoms with Gasteiger partial charge in [0.25, 0.3) is 5.91 Å². The highest BCUT2D eigenvalue weighted by Crippen LogP contribution is 2.25. The first kappa shape index (κ1) is 18.4. The minimum Gasteiger partial charge on any atom is -0.353 e. The number of hydrogen-bond acceptors (Lipinski definition) is 3. The summed E-state index contributed by atoms with van der Waals surface area (Å²) in [4.78, 5) is 12.7. The Kier molecular flexibility index (Phi) is 6.58. The van der Waals surface area contributed by atoms with Gasteiger partial charge in [0, 0.05) is 12.2 Å². The molecule has 3 atom stereocenters. The molecule has 1 unspecified atom stereocenters. The van der Waals surface area contributed by atoms with Gasteiger partial charge in [-0.3, -0.25) is 4.79 Å². The second-order valence-corrected chi connectivity index (χ2v) is 6.36. The Hall–Kier alpha value is -2.43. The molecule has 0 aromatic heterocycles. The summed E-state index contributed by atoms with van der Waals surface area (Å²) in [5.41, 5.74) is 1.59. The van der Waals surface area contributed by atoms with E-state index in [1.54, 1.807) is 18.2 Å². The molecule has 1 N–H and O–H groups in total. The van der Waals surface area contributed by atoms with Crippen molar-refractivity contribution >= 4 is 5.91 Å². The van der Waals surface area contributed by atoms with Gasteiger partial charge in [-0.15, -0.1) is 6.58 Å². The van der Waals surface area contributed by atoms with E-state index in [0.29, 0.717) is 12.2 Å². The topological polar surface area (TPSA) is 47.6 Å². The lowest BCUT2D eigenvalue weighted by Crippen LogP contribution is -2.39. The average molecular weight is 351 g/mol. The average Bonchev–Trinajstić information content (AvgIpc) is 2.72. The van der Waals surface area contributed by atoms with Crippen molar-refractivity contribution < 1.29 is 14.3 Å². The first-order valence-electron chi connectivity index (χ1n) is 9.08. The molecule has 0 saturated carbocycles. The molecule has 4 nitrogen and oxygen atoms in total. The minimum absolute atomic E-state index is 0.139. The lowest BCUT2D eigenvalue weighted by Gasteiger charge is -2.31. The summed E-state index contributed by atoms with van der Waals surface area (Å²) in [6.07, 6.45) is 4.10. The third-order valence-corrected chi connectivity index (χ3v) is 4.49. The Morgan fingerprint density at radius 2 is 1.81 bits per heavy atom. The van der Waals surface area contributed by atoms with Crippen LogP contribution >= 0.6 is 0 Å². The van der Waals surface area contributed by atoms with Gasteiger partial charge in [0.05, 0.1) is 6.04 Å². The van der Waals surface area contributed by atoms with Crippen molar-refractivity contribution in [2.75, 3.05) is 6.61 Å². The van der Waals surface area contributed by atoms with Gasteiger partial charge in [0.1, 0.15) is 6.10 Å². The van der Waals surface area contributed by atoms with Gasteiger partial charge in [0.15, 0.2) is 6.29 Å². The van der Waals surface area contributed by atoms with Crippen molar-refractivity contribution in [2.45, 2.75) is 37.7 Å². The van der Waals surface area contributed by atoms with Crippen molar-refractivity contribution in [1.29, 1.82) is 0 Å². The zero-order valence-electron chi connectivity index (χ0n) is 14.8. The Labute approximate surface area is 154 Å². The lowest BCUT2D eigenvalue weighted by molar-refractivity contribution is -0.183. The number of carbonyl (C=O) groups is 1. The molecule has 0 radical (unpaired) electrons. The largest absolute Gasteiger partial charge is 0.353 e. The number of nitrogens with one attached hydrogen (secondary N) is 1. The molecular weight excluding hydrogens is 326 g/mol. The third kappa shape index (κ3) is 4.81. The Morgan fingerprint density at radius 3 is 2.42 bits per heavy atom. The fourth-order valence-electron chi connectivity index (χ4n) is 3.09. The van der Waals surface area contributed by atoms with Crippen LogP contribution in [0.2, 0.25) is 0 Å². The molecule has 0 bridgehead atoms. The van der Waals surface area contributed by atoms with Crippen molar-refractivity contribution in [1.82, 2.24) is 5.32 Å². The van der Waals surface area contributed by atoms with E-state index in [-0.39, 0.29) is 24.3 Å². The minimum atomic E-state index is -0.381. The molecule has 4 heteroatoms. The van der Waals surface area contributed by atoms with E-state index >= 15 is 0 Å². The van der Waals surface area contributed by atoms with E-state index in [4.69, 9.17) is 9.47 Å². The highest BCUT2D eigenvalue weighted by molar-refractivity contribution is 5.94. The summed E-state index contributed by atoms with van der Waals surface area (Å²) in [5, 5.41) is 3.10. The molecule has 1 fully saturated rings. The van der Waals surface area contributed by atoms with E-state index in [2.05, 4.69) is 11.9 Å². The summed E-state index contributed by atoms with van der Waals surface area (Å²) in [6, 6.07) is 18.7. The van der Waals surface area contributed by atoms with Crippen LogP contribution in [0.1, 0.15) is 41.2 Å². The summed E-state index contributed by atoms with van der Waals surface area (Å²) < 4.78 is 11.8. The van der Waals surface area contributed by atoms with E-state index in [9.17, 15) is 4.79 Å². The fraction of sp³-hybridized carbons (Fsp3) is 0.318. The Bertz CT molecular complexity index is 696. The van der Waals surface area contributed by atoms with Gasteiger partial charge in [-0.1, -0.05) is 54.6 Å². The quantitative estimate of drug-likeness (QED) is 0.759. The summed E-state index contributed by atoms with van der Waals surface area (Å²) in [5.74, 6) is -0.139. The van der Waals surface area contributed by atoms with E-state index in [1.807, 2.05) is 48.5 Å². The maximum absolute atomic E-state index is 12.7. The Morgan fingerprint density at radius 1 is 1.12 bits per heavy atom. The summed E-state index contributed by atoms with van der Waals surface area (Å²) in [6.45, 7) is 4.63. The predicted octanol–water partition coefficient (Wildman–Crippen LogP) is 4.26. The first-order chi connectivity index (χ1) is 12.8. The van der Waals surface area contributed by atoms with Crippen LogP contribution in [0.25, 0.3) is 0 Å². The molecule has 0 spiro atoms. The molecule has 1 saturated heterocycles. The highest BCUT2D eigenvalue weighted by atomic mass is 16.7. The van der Waals surface area contributed by atoms with Crippen LogP contribution < -0.4 is 5.32 Å². The van der Waals surface area contributed by atoms with E-state index < -0.39 is 0 Å². The van der Waals surface area contributed by atoms with Gasteiger partial charge in [-0.05, 0) is 37.0 Å². The SMILES string of the molecule is C=C[C@H](OC1CCCCO1)[C@@H](NC(=O)c1ccccc1)c1ccccc1. The zero-order valence-corrected chi connectivity index (χ0v) is 14.8. The molecule has 2 aromatic rings. The summed E-state index contributed by atoms with van der Waals surface area (Å²) in [7, 11) is 0. The van der Waals surface area contributed by atoms with Crippen LogP contribution in [0.3, 0.4) is 0 Å². The number of hydrogen-bond donors (Lipinski definition) is 1. The molecular formula is C22H25NO3. The van der Waals surface area contributed by atoms with Crippen LogP contribution in [0.5, 0.6) is 0 Å². The van der Waals surface area contributed by atoms with Gasteiger partial charge in [-0.2, -0.15) is 0 Å². The van der Waals surface area contributed by atoms with E-state index in [0.717, 1.165) is 24.8 Å². The number of amides is 1. The smallest absolute Gasteiger partial charge is 0.251 e. The standard InChI is InChI=1S/C22H25NO3/c1-2-19(26-20-15-9-10-16-25-20)21(17-11-5-3-6-12-17)23-22(24)18-13-7-4-8-14-18/h2-8,11-14,19-21H,1,9-10,15-16H2,(H,23,24)/t19-,20?,21-/m0/s1. The molecule has 1 heterocycles. The fourth-order valence-corrected chi connectivity index (χ4v) is 3.09. The van der Waals surface area contributed by atoms with Crippen molar-refractivity contribution in [2.24, 2.45) is 0 Å². The van der Waals surface area contributed by atoms with Crippen LogP contribution in [0.4, 0.5) is 0 Å². The number of carbonyl (C=O) groups excluding carboxylic acids is 1. The number of rotatable bonds is 7. The van der Waals surface area contributed by atoms with Crippen LogP contribution in [-0.4, -0.2) is 24.9 Å². The molecule has 3 rings (SSSR count). The lowest BCUT2D eigenvalue weighted by atomic mass is 10.00. The maximum Gasteiger partial charge on any atom is 0.251 e. The van der Waals surface area contributed by atoms with Crippen molar-refractivity contribution in [3.05, 3.63) is 84.4 Å². The van der Waals surface area contributed by atoms with Gasteiger partial charge >= 0.3 is 0 Å². The number of ether oxygens (including phenoxy) is 2. The number of benzene rings is 2. The maximum atomic E-state index is 12.7.